The number of benzene rings is 1. The van der Waals surface area contributed by atoms with Crippen LogP contribution in [0.15, 0.2) is 18.2 Å². The van der Waals surface area contributed by atoms with Gasteiger partial charge in [-0.2, -0.15) is 0 Å². The number of hydrogen-bond acceptors (Lipinski definition) is 3. The minimum absolute atomic E-state index is 0.00676. The number of carbonyl (C=O) groups excluding carboxylic acids is 1. The molecule has 19 heavy (non-hydrogen) atoms. The van der Waals surface area contributed by atoms with Crippen molar-refractivity contribution in [1.82, 2.24) is 0 Å². The molecule has 0 saturated heterocycles. The maximum Gasteiger partial charge on any atom is 0.244 e. The molecule has 1 aromatic carbocycles. The van der Waals surface area contributed by atoms with Crippen molar-refractivity contribution < 1.29 is 9.53 Å². The number of para-hydroxylation sites is 1. The molecule has 1 atom stereocenters. The molecule has 4 heteroatoms. The fourth-order valence-electron chi connectivity index (χ4n) is 2.64. The fraction of sp³-hybridized carbons (Fsp3) is 0.533. The summed E-state index contributed by atoms with van der Waals surface area (Å²) in [5, 5.41) is 0. The number of fused-ring (bicyclic) bond motifs is 1. The van der Waals surface area contributed by atoms with Gasteiger partial charge in [0.1, 0.15) is 5.75 Å². The van der Waals surface area contributed by atoms with Crippen LogP contribution in [0.2, 0.25) is 0 Å². The van der Waals surface area contributed by atoms with Gasteiger partial charge in [0, 0.05) is 6.54 Å². The predicted octanol–water partition coefficient (Wildman–Crippen LogP) is 2.10. The molecule has 0 fully saturated rings. The lowest BCUT2D eigenvalue weighted by Gasteiger charge is -2.32. The van der Waals surface area contributed by atoms with E-state index in [4.69, 9.17) is 10.5 Å². The quantitative estimate of drug-likeness (QED) is 0.904. The number of carbonyl (C=O) groups is 1. The molecule has 0 spiro atoms. The molecule has 0 aliphatic carbocycles. The summed E-state index contributed by atoms with van der Waals surface area (Å²) < 4.78 is 5.40. The fourth-order valence-corrected chi connectivity index (χ4v) is 2.64. The third-order valence-electron chi connectivity index (χ3n) is 3.58. The molecule has 1 aliphatic rings. The van der Waals surface area contributed by atoms with Crippen LogP contribution in [0.25, 0.3) is 0 Å². The van der Waals surface area contributed by atoms with E-state index in [9.17, 15) is 4.79 Å². The van der Waals surface area contributed by atoms with Gasteiger partial charge in [-0.15, -0.1) is 0 Å². The zero-order chi connectivity index (χ0) is 13.8. The van der Waals surface area contributed by atoms with E-state index in [2.05, 4.69) is 6.07 Å². The van der Waals surface area contributed by atoms with Gasteiger partial charge in [-0.05, 0) is 30.9 Å². The first-order chi connectivity index (χ1) is 9.19. The number of anilines is 1. The summed E-state index contributed by atoms with van der Waals surface area (Å²) in [5.74, 6) is 0.765. The molecule has 0 aromatic heterocycles. The summed E-state index contributed by atoms with van der Waals surface area (Å²) in [6, 6.07) is 5.51. The van der Waals surface area contributed by atoms with Crippen LogP contribution >= 0.6 is 0 Å². The maximum absolute atomic E-state index is 12.5. The van der Waals surface area contributed by atoms with Crippen molar-refractivity contribution in [2.45, 2.75) is 38.6 Å². The van der Waals surface area contributed by atoms with Gasteiger partial charge in [-0.1, -0.05) is 25.5 Å². The molecule has 2 rings (SSSR count). The van der Waals surface area contributed by atoms with Gasteiger partial charge in [-0.3, -0.25) is 4.79 Å². The Kier molecular flexibility index (Phi) is 4.43. The summed E-state index contributed by atoms with van der Waals surface area (Å²) in [4.78, 5) is 14.3. The van der Waals surface area contributed by atoms with Crippen LogP contribution in [0.3, 0.4) is 0 Å². The summed E-state index contributed by atoms with van der Waals surface area (Å²) in [6.45, 7) is 2.77. The topological polar surface area (TPSA) is 55.6 Å². The third kappa shape index (κ3) is 2.73. The molecule has 0 unspecified atom stereocenters. The van der Waals surface area contributed by atoms with Crippen LogP contribution < -0.4 is 15.4 Å². The number of methoxy groups -OCH3 is 1. The van der Waals surface area contributed by atoms with E-state index in [0.717, 1.165) is 43.7 Å². The molecular formula is C15H22N2O2. The van der Waals surface area contributed by atoms with E-state index in [1.165, 1.54) is 5.56 Å². The maximum atomic E-state index is 12.5. The van der Waals surface area contributed by atoms with Crippen molar-refractivity contribution in [3.05, 3.63) is 23.8 Å². The van der Waals surface area contributed by atoms with Gasteiger partial charge >= 0.3 is 0 Å². The molecule has 2 N–H and O–H groups in total. The lowest BCUT2D eigenvalue weighted by molar-refractivity contribution is -0.120. The lowest BCUT2D eigenvalue weighted by Crippen LogP contribution is -2.46. The summed E-state index contributed by atoms with van der Waals surface area (Å²) in [7, 11) is 1.64. The summed E-state index contributed by atoms with van der Waals surface area (Å²) in [5.41, 5.74) is 8.05. The number of nitrogens with two attached hydrogens (primary N) is 1. The standard InChI is InChI=1S/C15H22N2O2/c1-3-6-12(16)15(18)17-10-5-8-11-7-4-9-13(19-2)14(11)17/h4,7,9,12H,3,5-6,8,10,16H2,1-2H3/t12-/m1/s1. The van der Waals surface area contributed by atoms with Crippen molar-refractivity contribution in [3.63, 3.8) is 0 Å². The molecule has 1 aromatic rings. The molecule has 1 aliphatic heterocycles. The monoisotopic (exact) mass is 262 g/mol. The van der Waals surface area contributed by atoms with E-state index in [1.807, 2.05) is 19.1 Å². The minimum atomic E-state index is -0.416. The van der Waals surface area contributed by atoms with Crippen molar-refractivity contribution in [2.24, 2.45) is 5.73 Å². The number of rotatable bonds is 4. The molecule has 0 bridgehead atoms. The van der Waals surface area contributed by atoms with Crippen LogP contribution in [-0.4, -0.2) is 25.6 Å². The highest BCUT2D eigenvalue weighted by atomic mass is 16.5. The van der Waals surface area contributed by atoms with E-state index in [-0.39, 0.29) is 5.91 Å². The smallest absolute Gasteiger partial charge is 0.244 e. The highest BCUT2D eigenvalue weighted by Crippen LogP contribution is 2.36. The van der Waals surface area contributed by atoms with Crippen molar-refractivity contribution in [2.75, 3.05) is 18.6 Å². The summed E-state index contributed by atoms with van der Waals surface area (Å²) in [6.07, 6.45) is 3.60. The van der Waals surface area contributed by atoms with Gasteiger partial charge in [-0.25, -0.2) is 0 Å². The Morgan fingerprint density at radius 2 is 2.32 bits per heavy atom. The van der Waals surface area contributed by atoms with Crippen LogP contribution in [0, 0.1) is 0 Å². The van der Waals surface area contributed by atoms with E-state index >= 15 is 0 Å². The second-order valence-corrected chi connectivity index (χ2v) is 4.96. The Hall–Kier alpha value is -1.55. The predicted molar refractivity (Wildman–Crippen MR) is 76.6 cm³/mol. The first-order valence-corrected chi connectivity index (χ1v) is 6.91. The molecule has 0 radical (unpaired) electrons. The summed E-state index contributed by atoms with van der Waals surface area (Å²) >= 11 is 0. The average molecular weight is 262 g/mol. The molecule has 104 valence electrons. The van der Waals surface area contributed by atoms with Crippen molar-refractivity contribution >= 4 is 11.6 Å². The Morgan fingerprint density at radius 1 is 1.53 bits per heavy atom. The SMILES string of the molecule is CCC[C@@H](N)C(=O)N1CCCc2cccc(OC)c21. The van der Waals surface area contributed by atoms with Crippen molar-refractivity contribution in [1.29, 1.82) is 0 Å². The molecule has 1 heterocycles. The Balaban J connectivity index is 2.33. The second-order valence-electron chi connectivity index (χ2n) is 4.96. The number of aryl methyl sites for hydroxylation is 1. The Bertz CT molecular complexity index is 445. The molecule has 0 saturated carbocycles. The number of hydrogen-bond donors (Lipinski definition) is 1. The van der Waals surface area contributed by atoms with Crippen LogP contribution in [0.5, 0.6) is 5.75 Å². The third-order valence-corrected chi connectivity index (χ3v) is 3.58. The van der Waals surface area contributed by atoms with Crippen LogP contribution in [-0.2, 0) is 11.2 Å². The first-order valence-electron chi connectivity index (χ1n) is 6.91. The zero-order valence-corrected chi connectivity index (χ0v) is 11.7. The minimum Gasteiger partial charge on any atom is -0.495 e. The van der Waals surface area contributed by atoms with Gasteiger partial charge in [0.15, 0.2) is 0 Å². The number of nitrogens with zero attached hydrogens (tertiary/aromatic N) is 1. The second kappa shape index (κ2) is 6.06. The Labute approximate surface area is 114 Å². The zero-order valence-electron chi connectivity index (χ0n) is 11.7. The normalized spacial score (nSPS) is 15.8. The molecule has 4 nitrogen and oxygen atoms in total. The van der Waals surface area contributed by atoms with E-state index in [0.29, 0.717) is 0 Å². The van der Waals surface area contributed by atoms with Gasteiger partial charge in [0.2, 0.25) is 5.91 Å². The molecule has 1 amide bonds. The van der Waals surface area contributed by atoms with Gasteiger partial charge in [0.25, 0.3) is 0 Å². The Morgan fingerprint density at radius 3 is 3.00 bits per heavy atom. The highest BCUT2D eigenvalue weighted by Gasteiger charge is 2.28. The number of amides is 1. The van der Waals surface area contributed by atoms with Crippen LogP contribution in [0.4, 0.5) is 5.69 Å². The first kappa shape index (κ1) is 13.9. The highest BCUT2D eigenvalue weighted by molar-refractivity contribution is 5.99. The average Bonchev–Trinajstić information content (AvgIpc) is 2.45. The number of ether oxygens (including phenoxy) is 1. The largest absolute Gasteiger partial charge is 0.495 e. The van der Waals surface area contributed by atoms with Gasteiger partial charge in [0.05, 0.1) is 18.8 Å². The van der Waals surface area contributed by atoms with E-state index < -0.39 is 6.04 Å². The van der Waals surface area contributed by atoms with Gasteiger partial charge < -0.3 is 15.4 Å². The molecular weight excluding hydrogens is 240 g/mol. The lowest BCUT2D eigenvalue weighted by atomic mass is 9.99. The van der Waals surface area contributed by atoms with E-state index in [1.54, 1.807) is 12.0 Å². The van der Waals surface area contributed by atoms with Crippen molar-refractivity contribution in [3.8, 4) is 5.75 Å². The van der Waals surface area contributed by atoms with Crippen LogP contribution in [0.1, 0.15) is 31.7 Å².